The predicted octanol–water partition coefficient (Wildman–Crippen LogP) is 5.52. The second-order valence-corrected chi connectivity index (χ2v) is 9.57. The Morgan fingerprint density at radius 3 is 2.23 bits per heavy atom. The van der Waals surface area contributed by atoms with Crippen LogP contribution in [-0.4, -0.2) is 43.5 Å². The summed E-state index contributed by atoms with van der Waals surface area (Å²) in [5.74, 6) is 3.57. The first-order valence-electron chi connectivity index (χ1n) is 12.4. The zero-order chi connectivity index (χ0) is 20.9. The minimum atomic E-state index is 0.140. The van der Waals surface area contributed by atoms with Gasteiger partial charge in [0.25, 0.3) is 0 Å². The van der Waals surface area contributed by atoms with E-state index in [1.54, 1.807) is 0 Å². The molecule has 4 rings (SSSR count). The second-order valence-electron chi connectivity index (χ2n) is 9.57. The van der Waals surface area contributed by atoms with E-state index < -0.39 is 0 Å². The molecule has 2 aliphatic carbocycles. The van der Waals surface area contributed by atoms with Gasteiger partial charge in [0.05, 0.1) is 13.2 Å². The molecule has 0 bridgehead atoms. The van der Waals surface area contributed by atoms with Gasteiger partial charge in [0.2, 0.25) is 0 Å². The first-order chi connectivity index (χ1) is 14.7. The molecule has 1 aliphatic heterocycles. The van der Waals surface area contributed by atoms with Crippen molar-refractivity contribution in [1.29, 1.82) is 0 Å². The van der Waals surface area contributed by atoms with E-state index in [0.29, 0.717) is 30.7 Å². The Morgan fingerprint density at radius 2 is 1.57 bits per heavy atom. The average Bonchev–Trinajstić information content (AvgIpc) is 3.05. The third-order valence-electron chi connectivity index (χ3n) is 7.44. The van der Waals surface area contributed by atoms with E-state index in [0.717, 1.165) is 35.6 Å². The summed E-state index contributed by atoms with van der Waals surface area (Å²) >= 11 is 0. The number of nitrogens with zero attached hydrogens (tertiary/aromatic N) is 1. The van der Waals surface area contributed by atoms with E-state index >= 15 is 0 Å². The number of fused-ring (bicyclic) bond motifs is 1. The number of hydrogen-bond donors (Lipinski definition) is 0. The molecule has 2 fully saturated rings. The Bertz CT molecular complexity index is 717. The van der Waals surface area contributed by atoms with Crippen LogP contribution in [0.15, 0.2) is 12.1 Å². The van der Waals surface area contributed by atoms with E-state index in [2.05, 4.69) is 11.0 Å². The van der Waals surface area contributed by atoms with Gasteiger partial charge in [-0.15, -0.1) is 0 Å². The molecule has 0 spiro atoms. The number of rotatable bonds is 8. The quantitative estimate of drug-likeness (QED) is 0.562. The van der Waals surface area contributed by atoms with Gasteiger partial charge in [0.1, 0.15) is 0 Å². The van der Waals surface area contributed by atoms with Crippen LogP contribution in [0.3, 0.4) is 0 Å². The van der Waals surface area contributed by atoms with Gasteiger partial charge in [-0.3, -0.25) is 4.79 Å². The van der Waals surface area contributed by atoms with Crippen molar-refractivity contribution in [1.82, 2.24) is 4.90 Å². The van der Waals surface area contributed by atoms with Gasteiger partial charge in [-0.2, -0.15) is 0 Å². The Hall–Kier alpha value is -1.55. The van der Waals surface area contributed by atoms with Crippen molar-refractivity contribution in [3.05, 3.63) is 23.3 Å². The van der Waals surface area contributed by atoms with E-state index in [1.165, 1.54) is 64.6 Å². The number of likely N-dealkylation sites (tertiary alicyclic amines) is 1. The fourth-order valence-electron chi connectivity index (χ4n) is 5.85. The molecule has 4 nitrogen and oxygen atoms in total. The largest absolute Gasteiger partial charge is 0.490 e. The normalized spacial score (nSPS) is 23.5. The molecule has 1 aromatic carbocycles. The molecule has 166 valence electrons. The van der Waals surface area contributed by atoms with E-state index in [-0.39, 0.29) is 5.92 Å². The lowest BCUT2D eigenvalue weighted by Gasteiger charge is -2.36. The van der Waals surface area contributed by atoms with Crippen LogP contribution >= 0.6 is 0 Å². The number of ether oxygens (including phenoxy) is 2. The second kappa shape index (κ2) is 10.2. The van der Waals surface area contributed by atoms with Gasteiger partial charge in [0.15, 0.2) is 17.3 Å². The summed E-state index contributed by atoms with van der Waals surface area (Å²) in [5.41, 5.74) is 2.01. The Labute approximate surface area is 182 Å². The molecule has 0 amide bonds. The lowest BCUT2D eigenvalue weighted by molar-refractivity contribution is 0.0888. The molecule has 1 saturated carbocycles. The third kappa shape index (κ3) is 5.01. The van der Waals surface area contributed by atoms with E-state index in [9.17, 15) is 4.79 Å². The summed E-state index contributed by atoms with van der Waals surface area (Å²) in [5, 5.41) is 0. The van der Waals surface area contributed by atoms with Gasteiger partial charge in [-0.1, -0.05) is 19.3 Å². The van der Waals surface area contributed by atoms with E-state index in [4.69, 9.17) is 9.47 Å². The number of hydrogen-bond acceptors (Lipinski definition) is 4. The molecule has 0 aromatic heterocycles. The number of carbonyl (C=O) groups excluding carboxylic acids is 1. The fourth-order valence-corrected chi connectivity index (χ4v) is 5.85. The molecule has 0 N–H and O–H groups in total. The molecular weight excluding hydrogens is 374 g/mol. The smallest absolute Gasteiger partial charge is 0.166 e. The highest BCUT2D eigenvalue weighted by Crippen LogP contribution is 2.40. The van der Waals surface area contributed by atoms with Crippen LogP contribution in [0.4, 0.5) is 0 Å². The molecule has 1 heterocycles. The molecule has 1 atom stereocenters. The van der Waals surface area contributed by atoms with Crippen LogP contribution in [0.25, 0.3) is 0 Å². The van der Waals surface area contributed by atoms with Crippen molar-refractivity contribution in [3.8, 4) is 11.5 Å². The molecule has 3 aliphatic rings. The first kappa shape index (κ1) is 21.7. The highest BCUT2D eigenvalue weighted by atomic mass is 16.5. The number of carbonyl (C=O) groups is 1. The highest BCUT2D eigenvalue weighted by molar-refractivity contribution is 6.02. The van der Waals surface area contributed by atoms with Crippen molar-refractivity contribution >= 4 is 5.78 Å². The molecule has 0 radical (unpaired) electrons. The lowest BCUT2D eigenvalue weighted by Crippen LogP contribution is -2.38. The minimum absolute atomic E-state index is 0.140. The Kier molecular flexibility index (Phi) is 7.35. The van der Waals surface area contributed by atoms with Crippen molar-refractivity contribution in [2.75, 3.05) is 32.8 Å². The maximum atomic E-state index is 13.1. The predicted molar refractivity (Wildman–Crippen MR) is 121 cm³/mol. The summed E-state index contributed by atoms with van der Waals surface area (Å²) in [6, 6.07) is 3.98. The van der Waals surface area contributed by atoms with Crippen molar-refractivity contribution in [2.24, 2.45) is 17.8 Å². The van der Waals surface area contributed by atoms with Crippen LogP contribution in [-0.2, 0) is 6.42 Å². The maximum absolute atomic E-state index is 13.1. The summed E-state index contributed by atoms with van der Waals surface area (Å²) in [6.07, 6.45) is 11.6. The summed E-state index contributed by atoms with van der Waals surface area (Å²) < 4.78 is 11.5. The number of benzene rings is 1. The van der Waals surface area contributed by atoms with Crippen LogP contribution in [0.5, 0.6) is 11.5 Å². The number of Topliss-reactive ketones (excluding diaryl/α,β-unsaturated/α-hetero) is 1. The van der Waals surface area contributed by atoms with Gasteiger partial charge in [-0.05, 0) is 95.0 Å². The molecular formula is C26H39NO3. The van der Waals surface area contributed by atoms with Crippen molar-refractivity contribution in [3.63, 3.8) is 0 Å². The van der Waals surface area contributed by atoms with Gasteiger partial charge < -0.3 is 14.4 Å². The standard InChI is InChI=1S/C26H39NO3/c1-3-29-24-16-21-15-22(26(28)23(21)17-25(24)30-4-2)14-19-10-12-27(13-11-19)18-20-8-6-5-7-9-20/h16-17,19-20,22H,3-15,18H2,1-2H3. The number of piperidine rings is 1. The Balaban J connectivity index is 1.31. The monoisotopic (exact) mass is 413 g/mol. The maximum Gasteiger partial charge on any atom is 0.166 e. The summed E-state index contributed by atoms with van der Waals surface area (Å²) in [7, 11) is 0. The highest BCUT2D eigenvalue weighted by Gasteiger charge is 2.34. The van der Waals surface area contributed by atoms with Gasteiger partial charge >= 0.3 is 0 Å². The van der Waals surface area contributed by atoms with Gasteiger partial charge in [-0.25, -0.2) is 0 Å². The summed E-state index contributed by atoms with van der Waals surface area (Å²) in [4.78, 5) is 15.8. The lowest BCUT2D eigenvalue weighted by atomic mass is 9.84. The average molecular weight is 414 g/mol. The molecule has 1 aromatic rings. The molecule has 1 saturated heterocycles. The molecule has 30 heavy (non-hydrogen) atoms. The molecule has 4 heteroatoms. The number of ketones is 1. The van der Waals surface area contributed by atoms with E-state index in [1.807, 2.05) is 19.9 Å². The first-order valence-corrected chi connectivity index (χ1v) is 12.4. The third-order valence-corrected chi connectivity index (χ3v) is 7.44. The van der Waals surface area contributed by atoms with Crippen LogP contribution in [0.2, 0.25) is 0 Å². The zero-order valence-electron chi connectivity index (χ0n) is 19.0. The van der Waals surface area contributed by atoms with Crippen molar-refractivity contribution in [2.45, 2.75) is 71.6 Å². The van der Waals surface area contributed by atoms with Crippen LogP contribution in [0.1, 0.15) is 81.1 Å². The summed E-state index contributed by atoms with van der Waals surface area (Å²) in [6.45, 7) is 8.88. The van der Waals surface area contributed by atoms with Crippen molar-refractivity contribution < 1.29 is 14.3 Å². The molecule has 1 unspecified atom stereocenters. The zero-order valence-corrected chi connectivity index (χ0v) is 19.0. The fraction of sp³-hybridized carbons (Fsp3) is 0.731. The topological polar surface area (TPSA) is 38.8 Å². The van der Waals surface area contributed by atoms with Crippen LogP contribution < -0.4 is 9.47 Å². The Morgan fingerprint density at radius 1 is 0.900 bits per heavy atom. The van der Waals surface area contributed by atoms with Crippen LogP contribution in [0, 0.1) is 17.8 Å². The SMILES string of the molecule is CCOc1cc2c(cc1OCC)C(=O)C(CC1CCN(CC3CCCCC3)CC1)C2. The van der Waals surface area contributed by atoms with Gasteiger partial charge in [0, 0.05) is 18.0 Å². The minimum Gasteiger partial charge on any atom is -0.490 e.